The molecular formula is C33H26OSi. The van der Waals surface area contributed by atoms with E-state index < -0.39 is 8.07 Å². The minimum Gasteiger partial charge on any atom is -0.458 e. The molecule has 2 aliphatic rings. The molecule has 0 atom stereocenters. The van der Waals surface area contributed by atoms with Gasteiger partial charge >= 0.3 is 0 Å². The molecule has 5 aromatic rings. The van der Waals surface area contributed by atoms with Gasteiger partial charge in [-0.05, 0) is 55.1 Å². The van der Waals surface area contributed by atoms with Crippen LogP contribution in [0.2, 0.25) is 0 Å². The molecule has 0 bridgehead atoms. The van der Waals surface area contributed by atoms with Crippen LogP contribution >= 0.6 is 0 Å². The van der Waals surface area contributed by atoms with Crippen molar-refractivity contribution in [3.05, 3.63) is 132 Å². The van der Waals surface area contributed by atoms with Crippen molar-refractivity contribution in [2.24, 2.45) is 0 Å². The molecule has 0 radical (unpaired) electrons. The lowest BCUT2D eigenvalue weighted by atomic mass is 9.82. The van der Waals surface area contributed by atoms with Crippen molar-refractivity contribution in [2.75, 3.05) is 0 Å². The zero-order chi connectivity index (χ0) is 23.6. The average molecular weight is 467 g/mol. The van der Waals surface area contributed by atoms with Crippen LogP contribution in [0, 0.1) is 0 Å². The molecule has 1 aliphatic heterocycles. The van der Waals surface area contributed by atoms with Crippen LogP contribution in [0.15, 0.2) is 121 Å². The molecule has 0 spiro atoms. The smallest absolute Gasteiger partial charge is 0.188 e. The fraction of sp³-hybridized carbons (Fsp3) is 0.0909. The molecule has 168 valence electrons. The first-order valence-electron chi connectivity index (χ1n) is 12.3. The van der Waals surface area contributed by atoms with Crippen molar-refractivity contribution in [1.29, 1.82) is 0 Å². The van der Waals surface area contributed by atoms with Crippen molar-refractivity contribution in [3.63, 3.8) is 0 Å². The second-order valence-electron chi connectivity index (χ2n) is 10.1. The van der Waals surface area contributed by atoms with E-state index in [1.165, 1.54) is 43.0 Å². The van der Waals surface area contributed by atoms with Gasteiger partial charge in [0.05, 0.1) is 0 Å². The van der Waals surface area contributed by atoms with Gasteiger partial charge in [-0.3, -0.25) is 0 Å². The lowest BCUT2D eigenvalue weighted by Crippen LogP contribution is -2.76. The summed E-state index contributed by atoms with van der Waals surface area (Å²) in [7, 11) is -2.61. The predicted octanol–water partition coefficient (Wildman–Crippen LogP) is 5.48. The molecule has 1 aliphatic carbocycles. The highest BCUT2D eigenvalue weighted by atomic mass is 28.3. The third-order valence-electron chi connectivity index (χ3n) is 8.03. The Kier molecular flexibility index (Phi) is 4.28. The maximum absolute atomic E-state index is 6.49. The second kappa shape index (κ2) is 7.31. The highest BCUT2D eigenvalue weighted by Crippen LogP contribution is 2.48. The standard InChI is InChI=1S/C33H26OSi/c1-33(2)27-15-7-6-14-25(27)26-21-20-24(22-28(26)33)35(23-12-4-3-5-13-23)31-18-10-8-16-29(31)34-30-17-9-11-19-32(30)35/h3-22H,1-2H3. The molecule has 0 saturated carbocycles. The Morgan fingerprint density at radius 1 is 0.514 bits per heavy atom. The van der Waals surface area contributed by atoms with E-state index in [4.69, 9.17) is 4.74 Å². The van der Waals surface area contributed by atoms with Crippen molar-refractivity contribution in [1.82, 2.24) is 0 Å². The van der Waals surface area contributed by atoms with Crippen molar-refractivity contribution in [2.45, 2.75) is 19.3 Å². The second-order valence-corrected chi connectivity index (χ2v) is 13.9. The fourth-order valence-electron chi connectivity index (χ4n) is 6.41. The minimum absolute atomic E-state index is 0.0432. The minimum atomic E-state index is -2.61. The van der Waals surface area contributed by atoms with Crippen LogP contribution in [0.4, 0.5) is 0 Å². The Bertz CT molecular complexity index is 1550. The topological polar surface area (TPSA) is 9.23 Å². The lowest BCUT2D eigenvalue weighted by molar-refractivity contribution is 0.487. The monoisotopic (exact) mass is 466 g/mol. The van der Waals surface area contributed by atoms with Gasteiger partial charge < -0.3 is 4.74 Å². The van der Waals surface area contributed by atoms with E-state index in [9.17, 15) is 0 Å². The molecule has 0 fully saturated rings. The van der Waals surface area contributed by atoms with Crippen molar-refractivity contribution < 1.29 is 4.74 Å². The molecule has 5 aromatic carbocycles. The summed E-state index contributed by atoms with van der Waals surface area (Å²) in [5.74, 6) is 1.95. The number of fused-ring (bicyclic) bond motifs is 5. The first-order chi connectivity index (χ1) is 17.1. The van der Waals surface area contributed by atoms with Gasteiger partial charge in [-0.1, -0.05) is 123 Å². The summed E-state index contributed by atoms with van der Waals surface area (Å²) in [4.78, 5) is 0. The van der Waals surface area contributed by atoms with Gasteiger partial charge in [0, 0.05) is 5.41 Å². The van der Waals surface area contributed by atoms with Crippen LogP contribution < -0.4 is 25.5 Å². The summed E-state index contributed by atoms with van der Waals surface area (Å²) >= 11 is 0. The Labute approximate surface area is 207 Å². The molecule has 0 unspecified atom stereocenters. The van der Waals surface area contributed by atoms with E-state index in [1.807, 2.05) is 0 Å². The molecular weight excluding hydrogens is 440 g/mol. The summed E-state index contributed by atoms with van der Waals surface area (Å²) in [5.41, 5.74) is 5.51. The molecule has 0 aromatic heterocycles. The molecule has 1 heterocycles. The van der Waals surface area contributed by atoms with Gasteiger partial charge in [-0.25, -0.2) is 0 Å². The molecule has 0 N–H and O–H groups in total. The van der Waals surface area contributed by atoms with E-state index in [0.29, 0.717) is 0 Å². The van der Waals surface area contributed by atoms with Gasteiger partial charge in [0.15, 0.2) is 8.07 Å². The molecule has 2 heteroatoms. The van der Waals surface area contributed by atoms with E-state index in [2.05, 4.69) is 135 Å². The fourth-order valence-corrected chi connectivity index (χ4v) is 11.4. The summed E-state index contributed by atoms with van der Waals surface area (Å²) < 4.78 is 6.49. The van der Waals surface area contributed by atoms with Gasteiger partial charge in [-0.2, -0.15) is 0 Å². The summed E-state index contributed by atoms with van der Waals surface area (Å²) in [6, 6.07) is 44.6. The molecule has 35 heavy (non-hydrogen) atoms. The van der Waals surface area contributed by atoms with E-state index in [1.54, 1.807) is 0 Å². The number of rotatable bonds is 2. The highest BCUT2D eigenvalue weighted by molar-refractivity contribution is 7.20. The number of hydrogen-bond donors (Lipinski definition) is 0. The summed E-state index contributed by atoms with van der Waals surface area (Å²) in [6.45, 7) is 4.73. The normalized spacial score (nSPS) is 15.8. The molecule has 0 amide bonds. The zero-order valence-corrected chi connectivity index (χ0v) is 21.0. The Morgan fingerprint density at radius 2 is 1.09 bits per heavy atom. The maximum Gasteiger partial charge on any atom is 0.188 e. The van der Waals surface area contributed by atoms with Gasteiger partial charge in [0.2, 0.25) is 0 Å². The number of para-hydroxylation sites is 2. The van der Waals surface area contributed by atoms with E-state index >= 15 is 0 Å². The van der Waals surface area contributed by atoms with E-state index in [-0.39, 0.29) is 5.41 Å². The van der Waals surface area contributed by atoms with Crippen molar-refractivity contribution in [3.8, 4) is 22.6 Å². The number of benzene rings is 5. The molecule has 0 saturated heterocycles. The first kappa shape index (κ1) is 20.5. The van der Waals surface area contributed by atoms with Crippen molar-refractivity contribution >= 4 is 28.8 Å². The Balaban J connectivity index is 1.60. The Hall–Kier alpha value is -3.88. The van der Waals surface area contributed by atoms with Crippen LogP contribution in [0.5, 0.6) is 11.5 Å². The summed E-state index contributed by atoms with van der Waals surface area (Å²) in [5, 5.41) is 5.43. The lowest BCUT2D eigenvalue weighted by Gasteiger charge is -2.40. The largest absolute Gasteiger partial charge is 0.458 e. The first-order valence-corrected chi connectivity index (χ1v) is 14.3. The number of hydrogen-bond acceptors (Lipinski definition) is 1. The van der Waals surface area contributed by atoms with Crippen LogP contribution in [-0.4, -0.2) is 8.07 Å². The number of ether oxygens (including phenoxy) is 1. The van der Waals surface area contributed by atoms with Crippen LogP contribution in [0.25, 0.3) is 11.1 Å². The molecule has 7 rings (SSSR count). The third-order valence-corrected chi connectivity index (χ3v) is 12.8. The zero-order valence-electron chi connectivity index (χ0n) is 20.0. The average Bonchev–Trinajstić information content (AvgIpc) is 3.14. The van der Waals surface area contributed by atoms with Crippen LogP contribution in [0.1, 0.15) is 25.0 Å². The molecule has 1 nitrogen and oxygen atoms in total. The van der Waals surface area contributed by atoms with Crippen LogP contribution in [-0.2, 0) is 5.41 Å². The quantitative estimate of drug-likeness (QED) is 0.307. The predicted molar refractivity (Wildman–Crippen MR) is 148 cm³/mol. The summed E-state index contributed by atoms with van der Waals surface area (Å²) in [6.07, 6.45) is 0. The van der Waals surface area contributed by atoms with Gasteiger partial charge in [0.1, 0.15) is 11.5 Å². The maximum atomic E-state index is 6.49. The van der Waals surface area contributed by atoms with Gasteiger partial charge in [-0.15, -0.1) is 0 Å². The van der Waals surface area contributed by atoms with E-state index in [0.717, 1.165) is 11.5 Å². The highest BCUT2D eigenvalue weighted by Gasteiger charge is 2.48. The third kappa shape index (κ3) is 2.69. The SMILES string of the molecule is CC1(C)c2ccccc2-c2ccc([Si]3(c4ccccc4)c4ccccc4Oc4ccccc43)cc21. The van der Waals surface area contributed by atoms with Gasteiger partial charge in [0.25, 0.3) is 0 Å². The Morgan fingerprint density at radius 3 is 1.80 bits per heavy atom. The van der Waals surface area contributed by atoms with Crippen LogP contribution in [0.3, 0.4) is 0 Å².